The zero-order chi connectivity index (χ0) is 14.5. The van der Waals surface area contributed by atoms with Gasteiger partial charge in [-0.15, -0.1) is 12.4 Å². The molecule has 2 N–H and O–H groups in total. The molecule has 1 fully saturated rings. The molecule has 2 heterocycles. The summed E-state index contributed by atoms with van der Waals surface area (Å²) in [4.78, 5) is 6.63. The number of nitrogens with zero attached hydrogens (tertiary/aromatic N) is 3. The number of rotatable bonds is 5. The Labute approximate surface area is 136 Å². The maximum Gasteiger partial charge on any atom is 0.240 e. The summed E-state index contributed by atoms with van der Waals surface area (Å²) in [7, 11) is 0. The molecule has 0 amide bonds. The summed E-state index contributed by atoms with van der Waals surface area (Å²) in [5, 5.41) is 3.97. The van der Waals surface area contributed by atoms with Crippen molar-refractivity contribution >= 4 is 12.4 Å². The van der Waals surface area contributed by atoms with E-state index in [1.807, 2.05) is 6.07 Å². The number of halogens is 1. The molecular weight excluding hydrogens is 304 g/mol. The molecular formula is C15H21ClN4O2. The highest BCUT2D eigenvalue weighted by Gasteiger charge is 2.24. The number of nitrogens with two attached hydrogens (primary N) is 1. The van der Waals surface area contributed by atoms with Crippen LogP contribution in [0.5, 0.6) is 0 Å². The van der Waals surface area contributed by atoms with Gasteiger partial charge in [0.05, 0.1) is 26.3 Å². The van der Waals surface area contributed by atoms with Crippen molar-refractivity contribution in [2.24, 2.45) is 5.73 Å². The maximum atomic E-state index is 5.62. The molecule has 6 nitrogen and oxygen atoms in total. The predicted molar refractivity (Wildman–Crippen MR) is 84.6 cm³/mol. The second-order valence-corrected chi connectivity index (χ2v) is 5.20. The Morgan fingerprint density at radius 2 is 2.09 bits per heavy atom. The van der Waals surface area contributed by atoms with Crippen LogP contribution < -0.4 is 5.73 Å². The highest BCUT2D eigenvalue weighted by Crippen LogP contribution is 2.15. The fourth-order valence-electron chi connectivity index (χ4n) is 2.59. The number of hydrogen-bond donors (Lipinski definition) is 1. The van der Waals surface area contributed by atoms with Crippen LogP contribution in [0, 0.1) is 0 Å². The van der Waals surface area contributed by atoms with Crippen LogP contribution in [0.15, 0.2) is 34.9 Å². The number of hydrogen-bond acceptors (Lipinski definition) is 6. The topological polar surface area (TPSA) is 77.4 Å². The van der Waals surface area contributed by atoms with Crippen molar-refractivity contribution < 1.29 is 9.26 Å². The first kappa shape index (κ1) is 16.9. The van der Waals surface area contributed by atoms with E-state index in [1.54, 1.807) is 0 Å². The highest BCUT2D eigenvalue weighted by molar-refractivity contribution is 5.85. The summed E-state index contributed by atoms with van der Waals surface area (Å²) < 4.78 is 10.7. The van der Waals surface area contributed by atoms with Gasteiger partial charge in [0.15, 0.2) is 5.82 Å². The molecule has 1 unspecified atom stereocenters. The molecule has 120 valence electrons. The Balaban J connectivity index is 0.00000176. The fourth-order valence-corrected chi connectivity index (χ4v) is 2.59. The molecule has 1 aliphatic heterocycles. The Morgan fingerprint density at radius 3 is 2.82 bits per heavy atom. The summed E-state index contributed by atoms with van der Waals surface area (Å²) in [6.45, 7) is 3.31. The van der Waals surface area contributed by atoms with Crippen molar-refractivity contribution in [1.82, 2.24) is 15.0 Å². The van der Waals surface area contributed by atoms with Gasteiger partial charge in [-0.2, -0.15) is 4.98 Å². The lowest BCUT2D eigenvalue weighted by Gasteiger charge is -2.34. The standard InChI is InChI=1S/C15H20N4O2.ClH/c16-9-15-17-14(18-21-15)10-19-6-7-20-11-13(19)8-12-4-2-1-3-5-12;/h1-5,13H,6-11,16H2;1H. The van der Waals surface area contributed by atoms with Gasteiger partial charge in [0, 0.05) is 12.6 Å². The smallest absolute Gasteiger partial charge is 0.240 e. The first-order chi connectivity index (χ1) is 10.3. The van der Waals surface area contributed by atoms with Gasteiger partial charge in [0.2, 0.25) is 5.89 Å². The molecule has 7 heteroatoms. The Morgan fingerprint density at radius 1 is 1.27 bits per heavy atom. The minimum atomic E-state index is 0. The molecule has 2 aromatic rings. The minimum absolute atomic E-state index is 0. The lowest BCUT2D eigenvalue weighted by Crippen LogP contribution is -2.46. The van der Waals surface area contributed by atoms with Crippen molar-refractivity contribution in [1.29, 1.82) is 0 Å². The van der Waals surface area contributed by atoms with Gasteiger partial charge < -0.3 is 15.0 Å². The summed E-state index contributed by atoms with van der Waals surface area (Å²) in [5.41, 5.74) is 6.81. The number of aromatic nitrogens is 2. The van der Waals surface area contributed by atoms with Gasteiger partial charge in [-0.05, 0) is 12.0 Å². The molecule has 0 saturated carbocycles. The first-order valence-corrected chi connectivity index (χ1v) is 7.22. The van der Waals surface area contributed by atoms with Crippen LogP contribution in [0.4, 0.5) is 0 Å². The minimum Gasteiger partial charge on any atom is -0.378 e. The Hall–Kier alpha value is -1.47. The molecule has 1 aliphatic rings. The monoisotopic (exact) mass is 324 g/mol. The van der Waals surface area contributed by atoms with E-state index in [1.165, 1.54) is 5.56 Å². The fraction of sp³-hybridized carbons (Fsp3) is 0.467. The summed E-state index contributed by atoms with van der Waals surface area (Å²) in [6.07, 6.45) is 0.961. The van der Waals surface area contributed by atoms with Crippen molar-refractivity contribution in [3.8, 4) is 0 Å². The molecule has 0 aliphatic carbocycles. The van der Waals surface area contributed by atoms with Crippen LogP contribution in [0.25, 0.3) is 0 Å². The van der Waals surface area contributed by atoms with E-state index in [-0.39, 0.29) is 19.0 Å². The third-order valence-corrected chi connectivity index (χ3v) is 3.69. The molecule has 22 heavy (non-hydrogen) atoms. The van der Waals surface area contributed by atoms with Gasteiger partial charge in [-0.1, -0.05) is 35.5 Å². The number of benzene rings is 1. The Bertz CT molecular complexity index is 564. The third-order valence-electron chi connectivity index (χ3n) is 3.69. The van der Waals surface area contributed by atoms with E-state index < -0.39 is 0 Å². The van der Waals surface area contributed by atoms with Crippen LogP contribution in [0.1, 0.15) is 17.3 Å². The van der Waals surface area contributed by atoms with Crippen molar-refractivity contribution in [3.63, 3.8) is 0 Å². The number of ether oxygens (including phenoxy) is 1. The van der Waals surface area contributed by atoms with Crippen LogP contribution in [0.2, 0.25) is 0 Å². The quantitative estimate of drug-likeness (QED) is 0.895. The van der Waals surface area contributed by atoms with Crippen molar-refractivity contribution in [3.05, 3.63) is 47.6 Å². The van der Waals surface area contributed by atoms with Crippen LogP contribution in [0.3, 0.4) is 0 Å². The van der Waals surface area contributed by atoms with Crippen molar-refractivity contribution in [2.75, 3.05) is 19.8 Å². The summed E-state index contributed by atoms with van der Waals surface area (Å²) >= 11 is 0. The zero-order valence-corrected chi connectivity index (χ0v) is 13.2. The molecule has 0 spiro atoms. The second-order valence-electron chi connectivity index (χ2n) is 5.20. The van der Waals surface area contributed by atoms with Crippen LogP contribution in [-0.4, -0.2) is 40.8 Å². The van der Waals surface area contributed by atoms with E-state index in [4.69, 9.17) is 15.0 Å². The second kappa shape index (κ2) is 8.24. The van der Waals surface area contributed by atoms with Gasteiger partial charge in [-0.3, -0.25) is 4.90 Å². The van der Waals surface area contributed by atoms with E-state index in [0.29, 0.717) is 24.3 Å². The normalized spacial score (nSPS) is 18.9. The third kappa shape index (κ3) is 4.27. The zero-order valence-electron chi connectivity index (χ0n) is 12.4. The maximum absolute atomic E-state index is 5.62. The Kier molecular flexibility index (Phi) is 6.33. The molecule has 0 radical (unpaired) electrons. The number of morpholine rings is 1. The molecule has 3 rings (SSSR count). The van der Waals surface area contributed by atoms with E-state index in [0.717, 1.165) is 26.2 Å². The molecule has 1 saturated heterocycles. The first-order valence-electron chi connectivity index (χ1n) is 7.22. The molecule has 1 atom stereocenters. The average molecular weight is 325 g/mol. The van der Waals surface area contributed by atoms with Gasteiger partial charge >= 0.3 is 0 Å². The van der Waals surface area contributed by atoms with Crippen LogP contribution >= 0.6 is 12.4 Å². The van der Waals surface area contributed by atoms with E-state index in [9.17, 15) is 0 Å². The lowest BCUT2D eigenvalue weighted by atomic mass is 10.0. The lowest BCUT2D eigenvalue weighted by molar-refractivity contribution is -0.0126. The SMILES string of the molecule is Cl.NCc1nc(CN2CCOCC2Cc2ccccc2)no1. The predicted octanol–water partition coefficient (Wildman–Crippen LogP) is 1.39. The molecule has 1 aromatic heterocycles. The van der Waals surface area contributed by atoms with Gasteiger partial charge in [-0.25, -0.2) is 0 Å². The van der Waals surface area contributed by atoms with Crippen molar-refractivity contribution in [2.45, 2.75) is 25.6 Å². The summed E-state index contributed by atoms with van der Waals surface area (Å²) in [5.74, 6) is 1.17. The highest BCUT2D eigenvalue weighted by atomic mass is 35.5. The van der Waals surface area contributed by atoms with Gasteiger partial charge in [0.25, 0.3) is 0 Å². The van der Waals surface area contributed by atoms with E-state index >= 15 is 0 Å². The van der Waals surface area contributed by atoms with Crippen LogP contribution in [-0.2, 0) is 24.2 Å². The summed E-state index contributed by atoms with van der Waals surface area (Å²) in [6, 6.07) is 10.8. The largest absolute Gasteiger partial charge is 0.378 e. The van der Waals surface area contributed by atoms with Gasteiger partial charge in [0.1, 0.15) is 0 Å². The molecule has 1 aromatic carbocycles. The van der Waals surface area contributed by atoms with E-state index in [2.05, 4.69) is 39.3 Å². The molecule has 0 bridgehead atoms. The average Bonchev–Trinajstić information content (AvgIpc) is 2.98.